The highest BCUT2D eigenvalue weighted by Crippen LogP contribution is 2.15. The molecule has 0 saturated carbocycles. The van der Waals surface area contributed by atoms with Gasteiger partial charge in [-0.3, -0.25) is 4.98 Å². The molecule has 2 N–H and O–H groups in total. The average molecular weight is 174 g/mol. The second-order valence-corrected chi connectivity index (χ2v) is 2.82. The van der Waals surface area contributed by atoms with Crippen LogP contribution in [0.2, 0.25) is 0 Å². The van der Waals surface area contributed by atoms with Gasteiger partial charge in [0.1, 0.15) is 0 Å². The first kappa shape index (κ1) is 8.16. The number of rotatable bonds is 2. The third kappa shape index (κ3) is 1.52. The number of nitrogens with one attached hydrogen (secondary N) is 1. The Morgan fingerprint density at radius 3 is 3.00 bits per heavy atom. The molecule has 0 unspecified atom stereocenters. The lowest BCUT2D eigenvalue weighted by atomic mass is 10.1. The van der Waals surface area contributed by atoms with E-state index in [9.17, 15) is 0 Å². The molecule has 0 bridgehead atoms. The maximum Gasteiger partial charge on any atom is 0.0705 e. The number of hydrogen-bond acceptors (Lipinski definition) is 3. The van der Waals surface area contributed by atoms with Crippen LogP contribution in [0.3, 0.4) is 0 Å². The standard InChI is InChI=1S/C10H10N2O/c13-12-7-8-3-1-5-10-9(8)4-2-6-11-10/h1-6,12-13H,7H2. The normalized spacial score (nSPS) is 10.5. The van der Waals surface area contributed by atoms with E-state index in [1.807, 2.05) is 30.3 Å². The van der Waals surface area contributed by atoms with Crippen molar-refractivity contribution < 1.29 is 5.21 Å². The maximum absolute atomic E-state index is 8.61. The van der Waals surface area contributed by atoms with E-state index < -0.39 is 0 Å². The van der Waals surface area contributed by atoms with Gasteiger partial charge in [-0.25, -0.2) is 5.48 Å². The summed E-state index contributed by atoms with van der Waals surface area (Å²) in [5.41, 5.74) is 4.15. The van der Waals surface area contributed by atoms with Gasteiger partial charge in [0, 0.05) is 18.1 Å². The Hall–Kier alpha value is -1.45. The Balaban J connectivity index is 2.61. The van der Waals surface area contributed by atoms with Gasteiger partial charge in [0.05, 0.1) is 5.52 Å². The second kappa shape index (κ2) is 3.51. The molecule has 66 valence electrons. The zero-order valence-electron chi connectivity index (χ0n) is 7.07. The van der Waals surface area contributed by atoms with Crippen LogP contribution in [0.25, 0.3) is 10.9 Å². The first-order valence-electron chi connectivity index (χ1n) is 4.11. The Bertz CT molecular complexity index is 409. The summed E-state index contributed by atoms with van der Waals surface area (Å²) in [7, 11) is 0. The maximum atomic E-state index is 8.61. The minimum atomic E-state index is 0.447. The van der Waals surface area contributed by atoms with Crippen molar-refractivity contribution in [3.8, 4) is 0 Å². The van der Waals surface area contributed by atoms with E-state index in [0.29, 0.717) is 6.54 Å². The van der Waals surface area contributed by atoms with Crippen LogP contribution >= 0.6 is 0 Å². The first-order valence-corrected chi connectivity index (χ1v) is 4.11. The van der Waals surface area contributed by atoms with Crippen molar-refractivity contribution in [2.45, 2.75) is 6.54 Å². The van der Waals surface area contributed by atoms with Gasteiger partial charge in [-0.1, -0.05) is 18.2 Å². The fourth-order valence-corrected chi connectivity index (χ4v) is 1.41. The van der Waals surface area contributed by atoms with Crippen molar-refractivity contribution in [1.82, 2.24) is 10.5 Å². The third-order valence-electron chi connectivity index (χ3n) is 2.01. The van der Waals surface area contributed by atoms with Gasteiger partial charge in [-0.05, 0) is 17.7 Å². The molecule has 2 aromatic rings. The zero-order chi connectivity index (χ0) is 9.10. The Morgan fingerprint density at radius 2 is 2.15 bits per heavy atom. The number of aromatic nitrogens is 1. The number of fused-ring (bicyclic) bond motifs is 1. The van der Waals surface area contributed by atoms with Crippen molar-refractivity contribution in [3.05, 3.63) is 42.1 Å². The molecule has 2 rings (SSSR count). The Kier molecular flexibility index (Phi) is 2.21. The summed E-state index contributed by atoms with van der Waals surface area (Å²) in [6, 6.07) is 9.74. The van der Waals surface area contributed by atoms with Crippen LogP contribution in [0.15, 0.2) is 36.5 Å². The monoisotopic (exact) mass is 174 g/mol. The molecule has 0 spiro atoms. The smallest absolute Gasteiger partial charge is 0.0705 e. The second-order valence-electron chi connectivity index (χ2n) is 2.82. The minimum Gasteiger partial charge on any atom is -0.316 e. The van der Waals surface area contributed by atoms with Crippen molar-refractivity contribution in [1.29, 1.82) is 0 Å². The zero-order valence-corrected chi connectivity index (χ0v) is 7.07. The van der Waals surface area contributed by atoms with Crippen LogP contribution in [-0.2, 0) is 6.54 Å². The molecule has 0 aliphatic rings. The van der Waals surface area contributed by atoms with Crippen molar-refractivity contribution in [3.63, 3.8) is 0 Å². The van der Waals surface area contributed by atoms with Crippen LogP contribution in [0.4, 0.5) is 0 Å². The minimum absolute atomic E-state index is 0.447. The van der Waals surface area contributed by atoms with Crippen LogP contribution in [-0.4, -0.2) is 10.2 Å². The number of hydroxylamine groups is 1. The molecule has 3 nitrogen and oxygen atoms in total. The summed E-state index contributed by atoms with van der Waals surface area (Å²) in [5, 5.41) is 9.68. The quantitative estimate of drug-likeness (QED) is 0.681. The molecular weight excluding hydrogens is 164 g/mol. The molecule has 0 aliphatic carbocycles. The fourth-order valence-electron chi connectivity index (χ4n) is 1.41. The van der Waals surface area contributed by atoms with E-state index in [1.165, 1.54) is 0 Å². The van der Waals surface area contributed by atoms with E-state index in [0.717, 1.165) is 16.5 Å². The predicted octanol–water partition coefficient (Wildman–Crippen LogP) is 1.71. The highest BCUT2D eigenvalue weighted by atomic mass is 16.5. The van der Waals surface area contributed by atoms with E-state index in [2.05, 4.69) is 10.5 Å². The molecule has 0 radical (unpaired) electrons. The first-order chi connectivity index (χ1) is 6.42. The largest absolute Gasteiger partial charge is 0.316 e. The molecular formula is C10H10N2O. The molecule has 1 aromatic heterocycles. The molecule has 1 heterocycles. The van der Waals surface area contributed by atoms with Gasteiger partial charge in [0.25, 0.3) is 0 Å². The van der Waals surface area contributed by atoms with Crippen molar-refractivity contribution in [2.75, 3.05) is 0 Å². The topological polar surface area (TPSA) is 45.1 Å². The molecule has 0 fully saturated rings. The van der Waals surface area contributed by atoms with Gasteiger partial charge in [0.2, 0.25) is 0 Å². The summed E-state index contributed by atoms with van der Waals surface area (Å²) in [4.78, 5) is 4.21. The van der Waals surface area contributed by atoms with Gasteiger partial charge in [-0.15, -0.1) is 0 Å². The molecule has 0 atom stereocenters. The average Bonchev–Trinajstić information content (AvgIpc) is 2.19. The summed E-state index contributed by atoms with van der Waals surface area (Å²) >= 11 is 0. The van der Waals surface area contributed by atoms with Gasteiger partial charge >= 0.3 is 0 Å². The van der Waals surface area contributed by atoms with E-state index in [1.54, 1.807) is 6.20 Å². The number of pyridine rings is 1. The molecule has 0 aliphatic heterocycles. The van der Waals surface area contributed by atoms with Crippen LogP contribution in [0.5, 0.6) is 0 Å². The summed E-state index contributed by atoms with van der Waals surface area (Å²) in [5.74, 6) is 0. The lowest BCUT2D eigenvalue weighted by Gasteiger charge is -2.03. The third-order valence-corrected chi connectivity index (χ3v) is 2.01. The molecule has 0 saturated heterocycles. The van der Waals surface area contributed by atoms with Crippen LogP contribution in [0, 0.1) is 0 Å². The fraction of sp³-hybridized carbons (Fsp3) is 0.100. The SMILES string of the molecule is ONCc1cccc2ncccc12. The van der Waals surface area contributed by atoms with E-state index >= 15 is 0 Å². The predicted molar refractivity (Wildman–Crippen MR) is 50.4 cm³/mol. The lowest BCUT2D eigenvalue weighted by Crippen LogP contribution is -2.06. The Labute approximate surface area is 76.0 Å². The Morgan fingerprint density at radius 1 is 1.23 bits per heavy atom. The van der Waals surface area contributed by atoms with E-state index in [4.69, 9.17) is 5.21 Å². The van der Waals surface area contributed by atoms with Crippen LogP contribution in [0.1, 0.15) is 5.56 Å². The molecule has 13 heavy (non-hydrogen) atoms. The van der Waals surface area contributed by atoms with Gasteiger partial charge in [0.15, 0.2) is 0 Å². The summed E-state index contributed by atoms with van der Waals surface area (Å²) in [6.07, 6.45) is 1.76. The number of hydrogen-bond donors (Lipinski definition) is 2. The molecule has 0 amide bonds. The molecule has 1 aromatic carbocycles. The lowest BCUT2D eigenvalue weighted by molar-refractivity contribution is 0.161. The highest BCUT2D eigenvalue weighted by Gasteiger charge is 1.98. The summed E-state index contributed by atoms with van der Waals surface area (Å²) in [6.45, 7) is 0.447. The van der Waals surface area contributed by atoms with Crippen molar-refractivity contribution >= 4 is 10.9 Å². The highest BCUT2D eigenvalue weighted by molar-refractivity contribution is 5.81. The van der Waals surface area contributed by atoms with Gasteiger partial charge < -0.3 is 5.21 Å². The van der Waals surface area contributed by atoms with Crippen LogP contribution < -0.4 is 5.48 Å². The van der Waals surface area contributed by atoms with Gasteiger partial charge in [-0.2, -0.15) is 0 Å². The van der Waals surface area contributed by atoms with E-state index in [-0.39, 0.29) is 0 Å². The number of nitrogens with zero attached hydrogens (tertiary/aromatic N) is 1. The van der Waals surface area contributed by atoms with Crippen molar-refractivity contribution in [2.24, 2.45) is 0 Å². The number of benzene rings is 1. The molecule has 3 heteroatoms. The summed E-state index contributed by atoms with van der Waals surface area (Å²) < 4.78 is 0.